The highest BCUT2D eigenvalue weighted by molar-refractivity contribution is 7.92. The van der Waals surface area contributed by atoms with Gasteiger partial charge in [-0.05, 0) is 30.2 Å². The van der Waals surface area contributed by atoms with Gasteiger partial charge >= 0.3 is 6.18 Å². The quantitative estimate of drug-likeness (QED) is 0.523. The van der Waals surface area contributed by atoms with Crippen molar-refractivity contribution in [2.75, 3.05) is 23.7 Å². The van der Waals surface area contributed by atoms with Crippen molar-refractivity contribution in [3.05, 3.63) is 60.2 Å². The molecular weight excluding hydrogens is 493 g/mol. The van der Waals surface area contributed by atoms with Crippen LogP contribution in [0, 0.1) is 17.8 Å². The number of benzene rings is 2. The van der Waals surface area contributed by atoms with Crippen LogP contribution in [0.3, 0.4) is 0 Å². The summed E-state index contributed by atoms with van der Waals surface area (Å²) in [6, 6.07) is 11.8. The van der Waals surface area contributed by atoms with Gasteiger partial charge in [0.05, 0.1) is 23.4 Å². The van der Waals surface area contributed by atoms with Gasteiger partial charge in [-0.25, -0.2) is 21.6 Å². The summed E-state index contributed by atoms with van der Waals surface area (Å²) in [4.78, 5) is 0.0239. The molecule has 34 heavy (non-hydrogen) atoms. The van der Waals surface area contributed by atoms with Crippen LogP contribution < -0.4 is 9.03 Å². The van der Waals surface area contributed by atoms with Crippen molar-refractivity contribution < 1.29 is 35.1 Å². The largest absolute Gasteiger partial charge is 0.433 e. The molecule has 12 heteroatoms. The number of alkyl halides is 3. The van der Waals surface area contributed by atoms with Gasteiger partial charge in [-0.1, -0.05) is 56.0 Å². The van der Waals surface area contributed by atoms with Crippen LogP contribution in [0.1, 0.15) is 19.4 Å². The van der Waals surface area contributed by atoms with Gasteiger partial charge in [0, 0.05) is 12.1 Å². The Labute approximate surface area is 197 Å². The van der Waals surface area contributed by atoms with Crippen molar-refractivity contribution in [1.82, 2.24) is 4.72 Å². The van der Waals surface area contributed by atoms with Gasteiger partial charge in [0.25, 0.3) is 10.0 Å². The summed E-state index contributed by atoms with van der Waals surface area (Å²) in [5, 5.41) is 10.4. The lowest BCUT2D eigenvalue weighted by Crippen LogP contribution is -2.41. The molecule has 0 heterocycles. The first kappa shape index (κ1) is 27.7. The van der Waals surface area contributed by atoms with Gasteiger partial charge in [-0.2, -0.15) is 13.2 Å². The molecule has 0 bridgehead atoms. The van der Waals surface area contributed by atoms with Crippen molar-refractivity contribution in [1.29, 1.82) is 0 Å². The van der Waals surface area contributed by atoms with E-state index in [0.29, 0.717) is 0 Å². The van der Waals surface area contributed by atoms with E-state index in [1.54, 1.807) is 38.0 Å². The molecule has 2 aromatic rings. The Morgan fingerprint density at radius 1 is 1.00 bits per heavy atom. The van der Waals surface area contributed by atoms with Crippen LogP contribution in [0.5, 0.6) is 0 Å². The van der Waals surface area contributed by atoms with Gasteiger partial charge in [0.2, 0.25) is 15.6 Å². The number of rotatable bonds is 8. The monoisotopic (exact) mass is 518 g/mol. The van der Waals surface area contributed by atoms with Crippen molar-refractivity contribution in [2.45, 2.75) is 30.5 Å². The molecule has 0 saturated carbocycles. The second kappa shape index (κ2) is 10.4. The number of halogens is 3. The maximum Gasteiger partial charge on any atom is 0.433 e. The molecule has 186 valence electrons. The number of nitrogens with zero attached hydrogens (tertiary/aromatic N) is 1. The first-order valence-electron chi connectivity index (χ1n) is 10.00. The fourth-order valence-corrected chi connectivity index (χ4v) is 4.89. The number of anilines is 1. The average Bonchev–Trinajstić information content (AvgIpc) is 2.74. The average molecular weight is 519 g/mol. The zero-order valence-electron chi connectivity index (χ0n) is 18.7. The molecule has 2 aromatic carbocycles. The van der Waals surface area contributed by atoms with E-state index < -0.39 is 43.9 Å². The lowest BCUT2D eigenvalue weighted by atomic mass is 9.93. The highest BCUT2D eigenvalue weighted by atomic mass is 32.2. The molecule has 1 atom stereocenters. The van der Waals surface area contributed by atoms with E-state index in [1.807, 2.05) is 10.6 Å². The van der Waals surface area contributed by atoms with Crippen LogP contribution in [0.4, 0.5) is 18.9 Å². The molecule has 0 fully saturated rings. The van der Waals surface area contributed by atoms with Gasteiger partial charge < -0.3 is 5.11 Å². The first-order chi connectivity index (χ1) is 15.6. The number of aliphatic hydroxyl groups is 1. The Bertz CT molecular complexity index is 1250. The summed E-state index contributed by atoms with van der Waals surface area (Å²) < 4.78 is 92.6. The minimum Gasteiger partial charge on any atom is -0.366 e. The van der Waals surface area contributed by atoms with Crippen LogP contribution in [0.25, 0.3) is 0 Å². The minimum absolute atomic E-state index is 0.0239. The van der Waals surface area contributed by atoms with Crippen LogP contribution >= 0.6 is 0 Å². The maximum atomic E-state index is 13.7. The van der Waals surface area contributed by atoms with Crippen molar-refractivity contribution in [2.24, 2.45) is 5.92 Å². The molecule has 0 aromatic heterocycles. The maximum absolute atomic E-state index is 13.7. The standard InChI is InChI=1S/C22H25F3N2O5S2/c1-17(2)16-27(34(31,32)20-8-5-4-6-9-20)19-12-10-18(11-13-19)21(28,22(23,24)25)14-7-15-26-33(3,29)30/h4-6,8-13,17,26,28H,15-16H2,1-3H3. The van der Waals surface area contributed by atoms with Gasteiger partial charge in [0.1, 0.15) is 0 Å². The Hall–Kier alpha value is -2.59. The van der Waals surface area contributed by atoms with Crippen molar-refractivity contribution in [3.8, 4) is 11.8 Å². The highest BCUT2D eigenvalue weighted by Gasteiger charge is 2.54. The minimum atomic E-state index is -5.21. The summed E-state index contributed by atoms with van der Waals surface area (Å²) in [7, 11) is -7.68. The predicted octanol–water partition coefficient (Wildman–Crippen LogP) is 2.84. The molecule has 2 rings (SSSR count). The van der Waals surface area contributed by atoms with Crippen LogP contribution in [0.2, 0.25) is 0 Å². The van der Waals surface area contributed by atoms with E-state index in [1.165, 1.54) is 12.1 Å². The lowest BCUT2D eigenvalue weighted by Gasteiger charge is -2.28. The molecule has 0 aliphatic carbocycles. The zero-order valence-corrected chi connectivity index (χ0v) is 20.3. The molecule has 0 spiro atoms. The summed E-state index contributed by atoms with van der Waals surface area (Å²) in [5.41, 5.74) is -4.12. The summed E-state index contributed by atoms with van der Waals surface area (Å²) >= 11 is 0. The second-order valence-electron chi connectivity index (χ2n) is 7.89. The smallest absolute Gasteiger partial charge is 0.366 e. The predicted molar refractivity (Wildman–Crippen MR) is 123 cm³/mol. The third-order valence-electron chi connectivity index (χ3n) is 4.54. The molecule has 0 saturated heterocycles. The number of sulfonamides is 2. The topological polar surface area (TPSA) is 104 Å². The third-order valence-corrected chi connectivity index (χ3v) is 7.01. The first-order valence-corrected chi connectivity index (χ1v) is 13.3. The molecule has 0 amide bonds. The molecule has 2 N–H and O–H groups in total. The fraction of sp³-hybridized carbons (Fsp3) is 0.364. The third kappa shape index (κ3) is 6.73. The van der Waals surface area contributed by atoms with E-state index in [9.17, 15) is 35.1 Å². The molecule has 7 nitrogen and oxygen atoms in total. The van der Waals surface area contributed by atoms with Gasteiger partial charge in [0.15, 0.2) is 0 Å². The van der Waals surface area contributed by atoms with Crippen LogP contribution in [0.15, 0.2) is 59.5 Å². The Balaban J connectivity index is 2.48. The lowest BCUT2D eigenvalue weighted by molar-refractivity contribution is -0.240. The SMILES string of the molecule is CC(C)CN(c1ccc(C(O)(C#CCNS(C)(=O)=O)C(F)(F)F)cc1)S(=O)(=O)c1ccccc1. The van der Waals surface area contributed by atoms with E-state index in [0.717, 1.165) is 34.8 Å². The molecule has 0 radical (unpaired) electrons. The Morgan fingerprint density at radius 3 is 2.03 bits per heavy atom. The summed E-state index contributed by atoms with van der Waals surface area (Å²) in [6.07, 6.45) is -4.39. The van der Waals surface area contributed by atoms with E-state index in [4.69, 9.17) is 0 Å². The summed E-state index contributed by atoms with van der Waals surface area (Å²) in [5.74, 6) is 3.57. The molecule has 1 unspecified atom stereocenters. The second-order valence-corrected chi connectivity index (χ2v) is 11.6. The molecule has 0 aliphatic heterocycles. The number of hydrogen-bond donors (Lipinski definition) is 2. The highest BCUT2D eigenvalue weighted by Crippen LogP contribution is 2.39. The normalized spacial score (nSPS) is 14.2. The molecule has 0 aliphatic rings. The van der Waals surface area contributed by atoms with Crippen LogP contribution in [-0.4, -0.2) is 47.5 Å². The van der Waals surface area contributed by atoms with Crippen LogP contribution in [-0.2, 0) is 25.6 Å². The summed E-state index contributed by atoms with van der Waals surface area (Å²) in [6.45, 7) is 3.03. The van der Waals surface area contributed by atoms with Gasteiger partial charge in [-0.15, -0.1) is 0 Å². The zero-order chi connectivity index (χ0) is 25.8. The van der Waals surface area contributed by atoms with Crippen molar-refractivity contribution in [3.63, 3.8) is 0 Å². The number of hydrogen-bond acceptors (Lipinski definition) is 5. The Kier molecular flexibility index (Phi) is 8.42. The van der Waals surface area contributed by atoms with E-state index in [-0.39, 0.29) is 23.0 Å². The van der Waals surface area contributed by atoms with Crippen molar-refractivity contribution >= 4 is 25.7 Å². The molecular formula is C22H25F3N2O5S2. The Morgan fingerprint density at radius 2 is 1.56 bits per heavy atom. The fourth-order valence-electron chi connectivity index (χ4n) is 2.91. The number of nitrogens with one attached hydrogen (secondary N) is 1. The van der Waals surface area contributed by atoms with E-state index in [2.05, 4.69) is 0 Å². The van der Waals surface area contributed by atoms with E-state index >= 15 is 0 Å². The van der Waals surface area contributed by atoms with Gasteiger partial charge in [-0.3, -0.25) is 4.31 Å².